The van der Waals surface area contributed by atoms with E-state index in [4.69, 9.17) is 9.47 Å². The van der Waals surface area contributed by atoms with Crippen molar-refractivity contribution in [1.82, 2.24) is 0 Å². The Kier molecular flexibility index (Phi) is 11.5. The molecule has 150 valence electrons. The smallest absolute Gasteiger partial charge is 0.305 e. The van der Waals surface area contributed by atoms with Crippen LogP contribution in [0.4, 0.5) is 5.69 Å². The van der Waals surface area contributed by atoms with Gasteiger partial charge in [-0.05, 0) is 25.3 Å². The molecule has 0 amide bonds. The summed E-state index contributed by atoms with van der Waals surface area (Å²) in [5.74, 6) is -0.368. The number of hydrogen-bond acceptors (Lipinski definition) is 6. The molecule has 0 heterocycles. The molecule has 7 nitrogen and oxygen atoms in total. The number of nitro groups is 1. The van der Waals surface area contributed by atoms with Crippen LogP contribution in [0.1, 0.15) is 63.9 Å². The van der Waals surface area contributed by atoms with Gasteiger partial charge in [0.1, 0.15) is 0 Å². The molecule has 0 saturated carbocycles. The van der Waals surface area contributed by atoms with Gasteiger partial charge < -0.3 is 9.47 Å². The molecule has 27 heavy (non-hydrogen) atoms. The molecular formula is C20H29NO6. The zero-order valence-corrected chi connectivity index (χ0v) is 16.0. The van der Waals surface area contributed by atoms with Crippen molar-refractivity contribution in [2.45, 2.75) is 64.7 Å². The summed E-state index contributed by atoms with van der Waals surface area (Å²) in [6.45, 7) is 2.46. The lowest BCUT2D eigenvalue weighted by molar-refractivity contribution is -0.384. The van der Waals surface area contributed by atoms with Crippen LogP contribution >= 0.6 is 0 Å². The lowest BCUT2D eigenvalue weighted by Crippen LogP contribution is -2.07. The Hall–Kier alpha value is -2.44. The first-order chi connectivity index (χ1) is 13.0. The molecule has 0 aromatic heterocycles. The standard InChI is InChI=1S/C20H29NO6/c1-2-26-19(22)12-7-5-3-4-6-8-13-20(23)27-15-14-17-10-9-11-18(16-17)21(24)25/h9-11,16H,2-8,12-15H2,1H3. The molecule has 0 fully saturated rings. The van der Waals surface area contributed by atoms with E-state index in [0.717, 1.165) is 44.1 Å². The molecule has 0 saturated heterocycles. The van der Waals surface area contributed by atoms with Crippen LogP contribution in [0.3, 0.4) is 0 Å². The lowest BCUT2D eigenvalue weighted by atomic mass is 10.1. The maximum atomic E-state index is 11.7. The molecule has 1 aromatic rings. The number of esters is 2. The van der Waals surface area contributed by atoms with Gasteiger partial charge in [-0.3, -0.25) is 19.7 Å². The number of nitrogens with zero attached hydrogens (tertiary/aromatic N) is 1. The highest BCUT2D eigenvalue weighted by Crippen LogP contribution is 2.14. The highest BCUT2D eigenvalue weighted by atomic mass is 16.6. The van der Waals surface area contributed by atoms with E-state index in [1.54, 1.807) is 19.1 Å². The molecule has 0 spiro atoms. The molecular weight excluding hydrogens is 350 g/mol. The van der Waals surface area contributed by atoms with Crippen LogP contribution in [0.25, 0.3) is 0 Å². The van der Waals surface area contributed by atoms with Crippen LogP contribution in [0.5, 0.6) is 0 Å². The zero-order chi connectivity index (χ0) is 19.9. The van der Waals surface area contributed by atoms with Crippen molar-refractivity contribution in [1.29, 1.82) is 0 Å². The van der Waals surface area contributed by atoms with Gasteiger partial charge >= 0.3 is 11.9 Å². The van der Waals surface area contributed by atoms with E-state index in [9.17, 15) is 19.7 Å². The van der Waals surface area contributed by atoms with Crippen LogP contribution in [0.2, 0.25) is 0 Å². The van der Waals surface area contributed by atoms with E-state index in [2.05, 4.69) is 0 Å². The van der Waals surface area contributed by atoms with Gasteiger partial charge in [-0.15, -0.1) is 0 Å². The van der Waals surface area contributed by atoms with Gasteiger partial charge in [0.15, 0.2) is 0 Å². The number of carbonyl (C=O) groups is 2. The first-order valence-electron chi connectivity index (χ1n) is 9.57. The van der Waals surface area contributed by atoms with Gasteiger partial charge in [-0.1, -0.05) is 37.8 Å². The van der Waals surface area contributed by atoms with Gasteiger partial charge in [0.25, 0.3) is 5.69 Å². The summed E-state index contributed by atoms with van der Waals surface area (Å²) in [5.41, 5.74) is 0.820. The number of non-ortho nitro benzene ring substituents is 1. The van der Waals surface area contributed by atoms with E-state index in [1.807, 2.05) is 0 Å². The Labute approximate surface area is 160 Å². The van der Waals surface area contributed by atoms with Crippen molar-refractivity contribution >= 4 is 17.6 Å². The number of benzene rings is 1. The fourth-order valence-electron chi connectivity index (χ4n) is 2.66. The molecule has 0 unspecified atom stereocenters. The average molecular weight is 379 g/mol. The van der Waals surface area contributed by atoms with Crippen LogP contribution in [-0.4, -0.2) is 30.1 Å². The number of nitro benzene ring substituents is 1. The third kappa shape index (κ3) is 11.0. The van der Waals surface area contributed by atoms with Gasteiger partial charge in [0.2, 0.25) is 0 Å². The van der Waals surface area contributed by atoms with Crippen molar-refractivity contribution in [3.05, 3.63) is 39.9 Å². The third-order valence-electron chi connectivity index (χ3n) is 4.09. The summed E-state index contributed by atoms with van der Waals surface area (Å²) >= 11 is 0. The zero-order valence-electron chi connectivity index (χ0n) is 16.0. The Bertz CT molecular complexity index is 602. The summed E-state index contributed by atoms with van der Waals surface area (Å²) in [4.78, 5) is 33.2. The van der Waals surface area contributed by atoms with Gasteiger partial charge in [0.05, 0.1) is 18.1 Å². The quantitative estimate of drug-likeness (QED) is 0.206. The molecule has 0 N–H and O–H groups in total. The van der Waals surface area contributed by atoms with Crippen LogP contribution in [0.15, 0.2) is 24.3 Å². The molecule has 0 aliphatic rings. The number of ether oxygens (including phenoxy) is 2. The first kappa shape index (κ1) is 22.6. The SMILES string of the molecule is CCOC(=O)CCCCCCCCC(=O)OCCc1cccc([N+](=O)[O-])c1. The van der Waals surface area contributed by atoms with Crippen molar-refractivity contribution < 1.29 is 24.0 Å². The Morgan fingerprint density at radius 1 is 0.963 bits per heavy atom. The monoisotopic (exact) mass is 379 g/mol. The molecule has 0 atom stereocenters. The number of rotatable bonds is 14. The molecule has 0 aliphatic carbocycles. The van der Waals surface area contributed by atoms with E-state index >= 15 is 0 Å². The van der Waals surface area contributed by atoms with Gasteiger partial charge in [-0.25, -0.2) is 0 Å². The fourth-order valence-corrected chi connectivity index (χ4v) is 2.66. The predicted molar refractivity (Wildman–Crippen MR) is 101 cm³/mol. The van der Waals surface area contributed by atoms with E-state index in [1.165, 1.54) is 12.1 Å². The number of carbonyl (C=O) groups excluding carboxylic acids is 2. The molecule has 1 aromatic carbocycles. The number of unbranched alkanes of at least 4 members (excludes halogenated alkanes) is 5. The lowest BCUT2D eigenvalue weighted by Gasteiger charge is -2.05. The highest BCUT2D eigenvalue weighted by Gasteiger charge is 2.07. The van der Waals surface area contributed by atoms with Crippen LogP contribution < -0.4 is 0 Å². The van der Waals surface area contributed by atoms with Crippen LogP contribution in [0, 0.1) is 10.1 Å². The fraction of sp³-hybridized carbons (Fsp3) is 0.600. The minimum absolute atomic E-state index is 0.0427. The Morgan fingerprint density at radius 3 is 2.15 bits per heavy atom. The second-order valence-electron chi connectivity index (χ2n) is 6.32. The minimum atomic E-state index is -0.438. The normalized spacial score (nSPS) is 10.4. The van der Waals surface area contributed by atoms with Gasteiger partial charge in [0, 0.05) is 31.4 Å². The second-order valence-corrected chi connectivity index (χ2v) is 6.32. The third-order valence-corrected chi connectivity index (χ3v) is 4.09. The Morgan fingerprint density at radius 2 is 1.56 bits per heavy atom. The summed E-state index contributed by atoms with van der Waals surface area (Å²) in [6.07, 6.45) is 6.99. The Balaban J connectivity index is 2.01. The average Bonchev–Trinajstić information content (AvgIpc) is 2.64. The van der Waals surface area contributed by atoms with Crippen molar-refractivity contribution in [3.8, 4) is 0 Å². The number of hydrogen-bond donors (Lipinski definition) is 0. The highest BCUT2D eigenvalue weighted by molar-refractivity contribution is 5.69. The summed E-state index contributed by atoms with van der Waals surface area (Å²) in [5, 5.41) is 10.7. The summed E-state index contributed by atoms with van der Waals surface area (Å²) in [6, 6.07) is 6.34. The van der Waals surface area contributed by atoms with Gasteiger partial charge in [-0.2, -0.15) is 0 Å². The maximum absolute atomic E-state index is 11.7. The maximum Gasteiger partial charge on any atom is 0.305 e. The molecule has 0 bridgehead atoms. The second kappa shape index (κ2) is 13.7. The molecule has 7 heteroatoms. The van der Waals surface area contributed by atoms with E-state index < -0.39 is 4.92 Å². The predicted octanol–water partition coefficient (Wildman–Crippen LogP) is 4.36. The van der Waals surface area contributed by atoms with E-state index in [0.29, 0.717) is 25.9 Å². The molecule has 0 radical (unpaired) electrons. The first-order valence-corrected chi connectivity index (χ1v) is 9.57. The van der Waals surface area contributed by atoms with Crippen molar-refractivity contribution in [3.63, 3.8) is 0 Å². The van der Waals surface area contributed by atoms with E-state index in [-0.39, 0.29) is 24.2 Å². The van der Waals surface area contributed by atoms with Crippen molar-refractivity contribution in [2.24, 2.45) is 0 Å². The van der Waals surface area contributed by atoms with Crippen molar-refractivity contribution in [2.75, 3.05) is 13.2 Å². The van der Waals surface area contributed by atoms with Crippen LogP contribution in [-0.2, 0) is 25.5 Å². The summed E-state index contributed by atoms with van der Waals surface area (Å²) < 4.78 is 10.1. The topological polar surface area (TPSA) is 95.7 Å². The molecule has 0 aliphatic heterocycles. The largest absolute Gasteiger partial charge is 0.466 e. The summed E-state index contributed by atoms with van der Waals surface area (Å²) in [7, 11) is 0. The molecule has 1 rings (SSSR count). The minimum Gasteiger partial charge on any atom is -0.466 e.